The number of anilines is 2. The second-order valence-electron chi connectivity index (χ2n) is 3.80. The summed E-state index contributed by atoms with van der Waals surface area (Å²) in [6, 6.07) is 0.174. The Bertz CT molecular complexity index is 344. The standard InChI is InChI=1S/C10H18ClN5/c1-3-4-5-7(2)16(13)10-8(12)9(11)14-6-15-10/h6-7H,3-5,12-13H2,1-2H3. The summed E-state index contributed by atoms with van der Waals surface area (Å²) in [4.78, 5) is 7.84. The van der Waals surface area contributed by atoms with Crippen LogP contribution in [0.15, 0.2) is 6.33 Å². The number of aromatic nitrogens is 2. The van der Waals surface area contributed by atoms with Crippen molar-refractivity contribution in [1.29, 1.82) is 0 Å². The van der Waals surface area contributed by atoms with Gasteiger partial charge in [0.1, 0.15) is 12.0 Å². The number of hydrogen-bond acceptors (Lipinski definition) is 5. The Morgan fingerprint density at radius 2 is 2.19 bits per heavy atom. The third-order valence-electron chi connectivity index (χ3n) is 2.51. The number of nitrogen functional groups attached to an aromatic ring is 1. The van der Waals surface area contributed by atoms with Crippen LogP contribution >= 0.6 is 11.6 Å². The normalized spacial score (nSPS) is 12.5. The molecule has 1 atom stereocenters. The average Bonchev–Trinajstić information content (AvgIpc) is 2.28. The maximum absolute atomic E-state index is 5.95. The number of nitrogens with two attached hydrogens (primary N) is 2. The molecule has 90 valence electrons. The first kappa shape index (κ1) is 13.0. The van der Waals surface area contributed by atoms with E-state index in [-0.39, 0.29) is 11.2 Å². The first-order valence-corrected chi connectivity index (χ1v) is 5.75. The molecule has 0 amide bonds. The molecule has 6 heteroatoms. The summed E-state index contributed by atoms with van der Waals surface area (Å²) in [5, 5.41) is 1.79. The van der Waals surface area contributed by atoms with Crippen molar-refractivity contribution in [3.8, 4) is 0 Å². The third kappa shape index (κ3) is 2.96. The third-order valence-corrected chi connectivity index (χ3v) is 2.81. The number of rotatable bonds is 5. The molecule has 1 heterocycles. The minimum atomic E-state index is 0.174. The maximum atomic E-state index is 5.95. The van der Waals surface area contributed by atoms with Crippen LogP contribution in [0.1, 0.15) is 33.1 Å². The molecule has 1 rings (SSSR count). The number of unbranched alkanes of at least 4 members (excludes halogenated alkanes) is 1. The molecule has 0 bridgehead atoms. The lowest BCUT2D eigenvalue weighted by atomic mass is 10.1. The van der Waals surface area contributed by atoms with Crippen LogP contribution in [0.5, 0.6) is 0 Å². The van der Waals surface area contributed by atoms with E-state index in [0.29, 0.717) is 11.5 Å². The molecule has 5 nitrogen and oxygen atoms in total. The first-order valence-electron chi connectivity index (χ1n) is 5.37. The Kier molecular flexibility index (Phi) is 4.76. The zero-order chi connectivity index (χ0) is 12.1. The summed E-state index contributed by atoms with van der Waals surface area (Å²) in [6.07, 6.45) is 4.61. The molecule has 0 saturated heterocycles. The van der Waals surface area contributed by atoms with E-state index in [1.165, 1.54) is 6.33 Å². The Labute approximate surface area is 101 Å². The van der Waals surface area contributed by atoms with Crippen LogP contribution in [0.3, 0.4) is 0 Å². The molecule has 0 spiro atoms. The smallest absolute Gasteiger partial charge is 0.171 e. The van der Waals surface area contributed by atoms with Crippen LogP contribution in [-0.2, 0) is 0 Å². The number of hydrogen-bond donors (Lipinski definition) is 2. The molecular weight excluding hydrogens is 226 g/mol. The van der Waals surface area contributed by atoms with Crippen LogP contribution in [0.4, 0.5) is 11.5 Å². The highest BCUT2D eigenvalue weighted by Gasteiger charge is 2.16. The Morgan fingerprint density at radius 3 is 2.81 bits per heavy atom. The van der Waals surface area contributed by atoms with Crippen molar-refractivity contribution in [2.45, 2.75) is 39.2 Å². The highest BCUT2D eigenvalue weighted by Crippen LogP contribution is 2.25. The van der Waals surface area contributed by atoms with E-state index in [1.54, 1.807) is 5.01 Å². The van der Waals surface area contributed by atoms with Gasteiger partial charge in [0.05, 0.1) is 0 Å². The van der Waals surface area contributed by atoms with Gasteiger partial charge in [0.15, 0.2) is 11.0 Å². The van der Waals surface area contributed by atoms with Crippen molar-refractivity contribution in [2.75, 3.05) is 10.7 Å². The van der Waals surface area contributed by atoms with E-state index < -0.39 is 0 Å². The zero-order valence-electron chi connectivity index (χ0n) is 9.65. The predicted octanol–water partition coefficient (Wildman–Crippen LogP) is 1.97. The number of nitrogens with zero attached hydrogens (tertiary/aromatic N) is 3. The first-order chi connectivity index (χ1) is 7.57. The van der Waals surface area contributed by atoms with Crippen molar-refractivity contribution in [2.24, 2.45) is 5.84 Å². The second kappa shape index (κ2) is 5.86. The SMILES string of the molecule is CCCCC(C)N(N)c1ncnc(Cl)c1N. The van der Waals surface area contributed by atoms with E-state index >= 15 is 0 Å². The van der Waals surface area contributed by atoms with E-state index in [2.05, 4.69) is 16.9 Å². The van der Waals surface area contributed by atoms with E-state index in [1.807, 2.05) is 6.92 Å². The lowest BCUT2D eigenvalue weighted by Gasteiger charge is -2.26. The quantitative estimate of drug-likeness (QED) is 0.470. The molecule has 0 aromatic carbocycles. The zero-order valence-corrected chi connectivity index (χ0v) is 10.4. The summed E-state index contributed by atoms with van der Waals surface area (Å²) in [7, 11) is 0. The molecular formula is C10H18ClN5. The average molecular weight is 244 g/mol. The van der Waals surface area contributed by atoms with Crippen LogP contribution in [0, 0.1) is 0 Å². The van der Waals surface area contributed by atoms with Gasteiger partial charge in [-0.2, -0.15) is 0 Å². The van der Waals surface area contributed by atoms with Crippen molar-refractivity contribution < 1.29 is 0 Å². The van der Waals surface area contributed by atoms with Gasteiger partial charge in [-0.25, -0.2) is 15.8 Å². The number of hydrazine groups is 1. The molecule has 0 radical (unpaired) electrons. The van der Waals surface area contributed by atoms with Gasteiger partial charge in [-0.3, -0.25) is 5.01 Å². The highest BCUT2D eigenvalue weighted by atomic mass is 35.5. The van der Waals surface area contributed by atoms with Gasteiger partial charge in [-0.1, -0.05) is 31.4 Å². The topological polar surface area (TPSA) is 81.1 Å². The van der Waals surface area contributed by atoms with Crippen molar-refractivity contribution in [3.05, 3.63) is 11.5 Å². The molecule has 0 fully saturated rings. The Hall–Kier alpha value is -1.07. The number of halogens is 1. The summed E-state index contributed by atoms with van der Waals surface area (Å²) in [6.45, 7) is 4.18. The van der Waals surface area contributed by atoms with Crippen molar-refractivity contribution in [1.82, 2.24) is 9.97 Å². The summed E-state index contributed by atoms with van der Waals surface area (Å²) < 4.78 is 0. The molecule has 1 unspecified atom stereocenters. The molecule has 0 aliphatic rings. The van der Waals surface area contributed by atoms with E-state index in [9.17, 15) is 0 Å². The van der Waals surface area contributed by atoms with Crippen molar-refractivity contribution >= 4 is 23.1 Å². The molecule has 0 aliphatic carbocycles. The molecule has 0 aliphatic heterocycles. The lowest BCUT2D eigenvalue weighted by molar-refractivity contribution is 0.565. The van der Waals surface area contributed by atoms with Gasteiger partial charge < -0.3 is 5.73 Å². The summed E-state index contributed by atoms with van der Waals surface area (Å²) in [5.74, 6) is 6.44. The van der Waals surface area contributed by atoms with Crippen LogP contribution in [-0.4, -0.2) is 16.0 Å². The monoisotopic (exact) mass is 243 g/mol. The molecule has 4 N–H and O–H groups in total. The van der Waals surface area contributed by atoms with Gasteiger partial charge in [-0.05, 0) is 13.3 Å². The fourth-order valence-electron chi connectivity index (χ4n) is 1.42. The Morgan fingerprint density at radius 1 is 1.50 bits per heavy atom. The summed E-state index contributed by atoms with van der Waals surface area (Å²) in [5.41, 5.74) is 6.10. The molecule has 0 saturated carbocycles. The predicted molar refractivity (Wildman–Crippen MR) is 67.1 cm³/mol. The van der Waals surface area contributed by atoms with E-state index in [4.69, 9.17) is 23.2 Å². The van der Waals surface area contributed by atoms with Gasteiger partial charge in [0, 0.05) is 6.04 Å². The second-order valence-corrected chi connectivity index (χ2v) is 4.16. The summed E-state index contributed by atoms with van der Waals surface area (Å²) >= 11 is 5.81. The van der Waals surface area contributed by atoms with Crippen LogP contribution < -0.4 is 16.6 Å². The fourth-order valence-corrected chi connectivity index (χ4v) is 1.55. The lowest BCUT2D eigenvalue weighted by Crippen LogP contribution is -2.40. The van der Waals surface area contributed by atoms with Gasteiger partial charge in [0.25, 0.3) is 0 Å². The minimum absolute atomic E-state index is 0.174. The maximum Gasteiger partial charge on any atom is 0.171 e. The van der Waals surface area contributed by atoms with E-state index in [0.717, 1.165) is 19.3 Å². The molecule has 1 aromatic heterocycles. The van der Waals surface area contributed by atoms with Gasteiger partial charge in [0.2, 0.25) is 0 Å². The Balaban J connectivity index is 2.79. The van der Waals surface area contributed by atoms with Crippen LogP contribution in [0.2, 0.25) is 5.15 Å². The van der Waals surface area contributed by atoms with Gasteiger partial charge in [-0.15, -0.1) is 0 Å². The van der Waals surface area contributed by atoms with Crippen LogP contribution in [0.25, 0.3) is 0 Å². The minimum Gasteiger partial charge on any atom is -0.393 e. The largest absolute Gasteiger partial charge is 0.393 e. The molecule has 16 heavy (non-hydrogen) atoms. The van der Waals surface area contributed by atoms with Crippen molar-refractivity contribution in [3.63, 3.8) is 0 Å². The fraction of sp³-hybridized carbons (Fsp3) is 0.600. The molecule has 1 aromatic rings. The highest BCUT2D eigenvalue weighted by molar-refractivity contribution is 6.32. The van der Waals surface area contributed by atoms with Gasteiger partial charge >= 0.3 is 0 Å².